The fourth-order valence-electron chi connectivity index (χ4n) is 1.28. The van der Waals surface area contributed by atoms with Crippen molar-refractivity contribution in [1.82, 2.24) is 14.8 Å². The Bertz CT molecular complexity index is 435. The zero-order chi connectivity index (χ0) is 10.7. The molecule has 0 bridgehead atoms. The molecule has 2 aromatic rings. The topological polar surface area (TPSA) is 56.7 Å². The smallest absolute Gasteiger partial charge is 0.164 e. The zero-order valence-electron chi connectivity index (χ0n) is 8.10. The van der Waals surface area contributed by atoms with Gasteiger partial charge in [-0.2, -0.15) is 5.10 Å². The fourth-order valence-corrected chi connectivity index (χ4v) is 1.64. The van der Waals surface area contributed by atoms with Crippen molar-refractivity contribution in [2.75, 3.05) is 0 Å². The van der Waals surface area contributed by atoms with E-state index in [1.54, 1.807) is 11.0 Å². The summed E-state index contributed by atoms with van der Waals surface area (Å²) in [5, 5.41) is 4.23. The van der Waals surface area contributed by atoms with Gasteiger partial charge in [-0.05, 0) is 40.3 Å². The summed E-state index contributed by atoms with van der Waals surface area (Å²) < 4.78 is 3.03. The molecule has 0 aliphatic heterocycles. The first-order valence-corrected chi connectivity index (χ1v) is 5.68. The van der Waals surface area contributed by atoms with Crippen LogP contribution in [0.1, 0.15) is 11.4 Å². The lowest BCUT2D eigenvalue weighted by atomic mass is 10.2. The van der Waals surface area contributed by atoms with Crippen LogP contribution in [0.15, 0.2) is 30.6 Å². The molecule has 2 rings (SSSR count). The van der Waals surface area contributed by atoms with E-state index in [1.807, 2.05) is 0 Å². The van der Waals surface area contributed by atoms with Crippen LogP contribution in [0.2, 0.25) is 0 Å². The van der Waals surface area contributed by atoms with Crippen LogP contribution in [0.5, 0.6) is 0 Å². The van der Waals surface area contributed by atoms with Crippen molar-refractivity contribution in [2.45, 2.75) is 13.1 Å². The molecule has 0 aliphatic carbocycles. The Morgan fingerprint density at radius 3 is 2.60 bits per heavy atom. The molecule has 1 heterocycles. The molecule has 0 atom stereocenters. The van der Waals surface area contributed by atoms with Crippen molar-refractivity contribution in [1.29, 1.82) is 0 Å². The van der Waals surface area contributed by atoms with Crippen LogP contribution < -0.4 is 5.73 Å². The van der Waals surface area contributed by atoms with Crippen molar-refractivity contribution in [3.8, 4) is 0 Å². The van der Waals surface area contributed by atoms with Crippen LogP contribution in [0.4, 0.5) is 0 Å². The highest BCUT2D eigenvalue weighted by atomic mass is 127. The summed E-state index contributed by atoms with van der Waals surface area (Å²) in [6.07, 6.45) is 1.71. The Morgan fingerprint density at radius 1 is 1.27 bits per heavy atom. The third-order valence-electron chi connectivity index (χ3n) is 2.02. The third kappa shape index (κ3) is 2.75. The first kappa shape index (κ1) is 10.6. The van der Waals surface area contributed by atoms with E-state index >= 15 is 0 Å². The average Bonchev–Trinajstić information content (AvgIpc) is 2.69. The summed E-state index contributed by atoms with van der Waals surface area (Å²) in [6, 6.07) is 8.34. The molecule has 0 unspecified atom stereocenters. The van der Waals surface area contributed by atoms with Gasteiger partial charge < -0.3 is 5.73 Å². The van der Waals surface area contributed by atoms with Gasteiger partial charge in [-0.3, -0.25) is 0 Å². The van der Waals surface area contributed by atoms with Crippen LogP contribution in [-0.2, 0) is 13.1 Å². The molecular weight excluding hydrogens is 303 g/mol. The van der Waals surface area contributed by atoms with Crippen molar-refractivity contribution in [3.63, 3.8) is 0 Å². The molecule has 0 radical (unpaired) electrons. The molecule has 1 aromatic carbocycles. The number of hydrogen-bond donors (Lipinski definition) is 1. The number of hydrogen-bond acceptors (Lipinski definition) is 3. The van der Waals surface area contributed by atoms with Crippen LogP contribution in [-0.4, -0.2) is 14.8 Å². The SMILES string of the molecule is NCc1ncn(Cc2ccc(I)cc2)n1. The zero-order valence-corrected chi connectivity index (χ0v) is 10.3. The van der Waals surface area contributed by atoms with Gasteiger partial charge in [-0.1, -0.05) is 12.1 Å². The molecule has 0 amide bonds. The van der Waals surface area contributed by atoms with Gasteiger partial charge >= 0.3 is 0 Å². The predicted molar refractivity (Wildman–Crippen MR) is 66.2 cm³/mol. The number of nitrogens with two attached hydrogens (primary N) is 1. The monoisotopic (exact) mass is 314 g/mol. The summed E-state index contributed by atoms with van der Waals surface area (Å²) in [4.78, 5) is 4.07. The average molecular weight is 314 g/mol. The predicted octanol–water partition coefficient (Wildman–Crippen LogP) is 1.39. The lowest BCUT2D eigenvalue weighted by Crippen LogP contribution is -2.03. The minimum Gasteiger partial charge on any atom is -0.324 e. The molecule has 4 nitrogen and oxygen atoms in total. The first-order chi connectivity index (χ1) is 7.28. The maximum absolute atomic E-state index is 5.44. The number of rotatable bonds is 3. The summed E-state index contributed by atoms with van der Waals surface area (Å²) >= 11 is 2.29. The Kier molecular flexibility index (Phi) is 3.32. The first-order valence-electron chi connectivity index (χ1n) is 4.61. The molecule has 0 aliphatic rings. The van der Waals surface area contributed by atoms with E-state index in [1.165, 1.54) is 9.13 Å². The second-order valence-corrected chi connectivity index (χ2v) is 4.43. The lowest BCUT2D eigenvalue weighted by Gasteiger charge is -2.00. The van der Waals surface area contributed by atoms with E-state index in [0.29, 0.717) is 12.4 Å². The van der Waals surface area contributed by atoms with E-state index in [-0.39, 0.29) is 0 Å². The van der Waals surface area contributed by atoms with Gasteiger partial charge in [0.1, 0.15) is 6.33 Å². The Labute approximate surface area is 102 Å². The third-order valence-corrected chi connectivity index (χ3v) is 2.74. The van der Waals surface area contributed by atoms with Gasteiger partial charge in [-0.15, -0.1) is 0 Å². The quantitative estimate of drug-likeness (QED) is 0.871. The molecule has 0 saturated carbocycles. The highest BCUT2D eigenvalue weighted by Gasteiger charge is 1.99. The van der Waals surface area contributed by atoms with E-state index in [9.17, 15) is 0 Å². The second kappa shape index (κ2) is 4.71. The Balaban J connectivity index is 2.11. The van der Waals surface area contributed by atoms with E-state index in [0.717, 1.165) is 6.54 Å². The largest absolute Gasteiger partial charge is 0.324 e. The maximum Gasteiger partial charge on any atom is 0.164 e. The highest BCUT2D eigenvalue weighted by Crippen LogP contribution is 2.07. The summed E-state index contributed by atoms with van der Waals surface area (Å²) in [5.41, 5.74) is 6.65. The number of benzene rings is 1. The molecule has 15 heavy (non-hydrogen) atoms. The number of aromatic nitrogens is 3. The van der Waals surface area contributed by atoms with Crippen molar-refractivity contribution in [3.05, 3.63) is 45.6 Å². The molecule has 0 saturated heterocycles. The van der Waals surface area contributed by atoms with Crippen molar-refractivity contribution >= 4 is 22.6 Å². The van der Waals surface area contributed by atoms with E-state index in [2.05, 4.69) is 56.9 Å². The molecular formula is C10H11IN4. The number of halogens is 1. The Hall–Kier alpha value is -0.950. The van der Waals surface area contributed by atoms with Crippen LogP contribution >= 0.6 is 22.6 Å². The van der Waals surface area contributed by atoms with Gasteiger partial charge in [0, 0.05) is 3.57 Å². The summed E-state index contributed by atoms with van der Waals surface area (Å²) in [7, 11) is 0. The molecule has 5 heteroatoms. The molecule has 2 N–H and O–H groups in total. The molecule has 78 valence electrons. The fraction of sp³-hybridized carbons (Fsp3) is 0.200. The standard InChI is InChI=1S/C10H11IN4/c11-9-3-1-8(2-4-9)6-15-7-13-10(5-12)14-15/h1-4,7H,5-6,12H2. The maximum atomic E-state index is 5.44. The Morgan fingerprint density at radius 2 is 2.00 bits per heavy atom. The summed E-state index contributed by atoms with van der Waals surface area (Å²) in [6.45, 7) is 1.13. The lowest BCUT2D eigenvalue weighted by molar-refractivity contribution is 0.671. The molecule has 1 aromatic heterocycles. The van der Waals surface area contributed by atoms with Crippen molar-refractivity contribution in [2.24, 2.45) is 5.73 Å². The van der Waals surface area contributed by atoms with Crippen LogP contribution in [0.25, 0.3) is 0 Å². The van der Waals surface area contributed by atoms with E-state index < -0.39 is 0 Å². The molecule has 0 spiro atoms. The van der Waals surface area contributed by atoms with E-state index in [4.69, 9.17) is 5.73 Å². The number of nitrogens with zero attached hydrogens (tertiary/aromatic N) is 3. The van der Waals surface area contributed by atoms with Crippen LogP contribution in [0.3, 0.4) is 0 Å². The van der Waals surface area contributed by atoms with Gasteiger partial charge in [0.05, 0.1) is 13.1 Å². The van der Waals surface area contributed by atoms with Crippen LogP contribution in [0, 0.1) is 3.57 Å². The van der Waals surface area contributed by atoms with Crippen molar-refractivity contribution < 1.29 is 0 Å². The van der Waals surface area contributed by atoms with Gasteiger partial charge in [0.15, 0.2) is 5.82 Å². The normalized spacial score (nSPS) is 10.5. The highest BCUT2D eigenvalue weighted by molar-refractivity contribution is 14.1. The second-order valence-electron chi connectivity index (χ2n) is 3.19. The van der Waals surface area contributed by atoms with Gasteiger partial charge in [0.2, 0.25) is 0 Å². The van der Waals surface area contributed by atoms with Gasteiger partial charge in [0.25, 0.3) is 0 Å². The minimum atomic E-state index is 0.389. The summed E-state index contributed by atoms with van der Waals surface area (Å²) in [5.74, 6) is 0.681. The minimum absolute atomic E-state index is 0.389. The van der Waals surface area contributed by atoms with Gasteiger partial charge in [-0.25, -0.2) is 9.67 Å². The molecule has 0 fully saturated rings.